The van der Waals surface area contributed by atoms with Crippen molar-refractivity contribution in [1.29, 1.82) is 0 Å². The third kappa shape index (κ3) is 3.42. The molecule has 0 saturated carbocycles. The van der Waals surface area contributed by atoms with Crippen LogP contribution in [-0.4, -0.2) is 17.5 Å². The van der Waals surface area contributed by atoms with Crippen LogP contribution in [0.3, 0.4) is 0 Å². The van der Waals surface area contributed by atoms with Gasteiger partial charge in [0.2, 0.25) is 0 Å². The number of aromatic nitrogens is 1. The van der Waals surface area contributed by atoms with Gasteiger partial charge >= 0.3 is 5.97 Å². The molecule has 22 heavy (non-hydrogen) atoms. The number of carbonyl (C=O) groups is 1. The molecule has 0 aromatic carbocycles. The summed E-state index contributed by atoms with van der Waals surface area (Å²) in [5, 5.41) is 3.43. The molecule has 1 unspecified atom stereocenters. The number of rotatable bonds is 4. The van der Waals surface area contributed by atoms with E-state index in [1.165, 1.54) is 5.56 Å². The zero-order valence-corrected chi connectivity index (χ0v) is 14.6. The van der Waals surface area contributed by atoms with Gasteiger partial charge in [-0.25, -0.2) is 0 Å². The van der Waals surface area contributed by atoms with Gasteiger partial charge in [-0.15, -0.1) is 0 Å². The van der Waals surface area contributed by atoms with Crippen molar-refractivity contribution in [1.82, 2.24) is 4.98 Å². The number of carbonyl (C=O) groups excluding carboxylic acids is 1. The van der Waals surface area contributed by atoms with Crippen molar-refractivity contribution >= 4 is 11.7 Å². The minimum absolute atomic E-state index is 0.100. The Labute approximate surface area is 133 Å². The maximum Gasteiger partial charge on any atom is 0.311 e. The normalized spacial score (nSPS) is 17.5. The molecule has 4 heteroatoms. The van der Waals surface area contributed by atoms with Crippen LogP contribution < -0.4 is 5.32 Å². The smallest absolute Gasteiger partial charge is 0.311 e. The van der Waals surface area contributed by atoms with Crippen LogP contribution in [0.25, 0.3) is 0 Å². The summed E-state index contributed by atoms with van der Waals surface area (Å²) in [5.41, 5.74) is 2.78. The fourth-order valence-electron chi connectivity index (χ4n) is 2.58. The molecule has 1 atom stereocenters. The molecule has 0 radical (unpaired) electrons. The van der Waals surface area contributed by atoms with Crippen molar-refractivity contribution in [2.75, 3.05) is 11.9 Å². The molecule has 0 saturated heterocycles. The third-order valence-electron chi connectivity index (χ3n) is 4.12. The lowest BCUT2D eigenvalue weighted by molar-refractivity contribution is -0.159. The predicted octanol–water partition coefficient (Wildman–Crippen LogP) is 4.22. The fourth-order valence-corrected chi connectivity index (χ4v) is 2.58. The first-order valence-electron chi connectivity index (χ1n) is 8.10. The fraction of sp³-hybridized carbons (Fsp3) is 0.667. The van der Waals surface area contributed by atoms with E-state index in [9.17, 15) is 4.79 Å². The number of ether oxygens (including phenoxy) is 1. The Morgan fingerprint density at radius 2 is 2.14 bits per heavy atom. The first kappa shape index (κ1) is 16.8. The Hall–Kier alpha value is -1.58. The zero-order chi connectivity index (χ0) is 16.5. The van der Waals surface area contributed by atoms with E-state index in [1.54, 1.807) is 0 Å². The summed E-state index contributed by atoms with van der Waals surface area (Å²) < 4.78 is 5.72. The molecule has 0 bridgehead atoms. The molecule has 0 spiro atoms. The molecule has 4 nitrogen and oxygen atoms in total. The molecule has 0 fully saturated rings. The number of hydrogen-bond acceptors (Lipinski definition) is 4. The molecule has 0 aliphatic carbocycles. The van der Waals surface area contributed by atoms with E-state index in [1.807, 2.05) is 33.0 Å². The van der Waals surface area contributed by atoms with Crippen molar-refractivity contribution in [3.63, 3.8) is 0 Å². The average Bonchev–Trinajstić information content (AvgIpc) is 2.72. The molecule has 122 valence electrons. The van der Waals surface area contributed by atoms with Crippen molar-refractivity contribution in [3.8, 4) is 0 Å². The van der Waals surface area contributed by atoms with E-state index < -0.39 is 5.41 Å². The molecule has 2 rings (SSSR count). The molecular weight excluding hydrogens is 276 g/mol. The lowest BCUT2D eigenvalue weighted by atomic mass is 9.88. The number of nitrogens with one attached hydrogen (secondary N) is 1. The van der Waals surface area contributed by atoms with Crippen LogP contribution in [0.2, 0.25) is 0 Å². The van der Waals surface area contributed by atoms with Gasteiger partial charge in [0.05, 0.1) is 11.1 Å². The van der Waals surface area contributed by atoms with Gasteiger partial charge in [0, 0.05) is 29.4 Å². The van der Waals surface area contributed by atoms with Crippen molar-refractivity contribution in [2.24, 2.45) is 5.41 Å². The third-order valence-corrected chi connectivity index (χ3v) is 4.12. The molecule has 1 N–H and O–H groups in total. The first-order valence-corrected chi connectivity index (χ1v) is 8.10. The number of fused-ring (bicyclic) bond motifs is 1. The first-order chi connectivity index (χ1) is 10.1. The van der Waals surface area contributed by atoms with E-state index in [0.717, 1.165) is 30.8 Å². The number of esters is 1. The second kappa shape index (κ2) is 5.90. The quantitative estimate of drug-likeness (QED) is 0.846. The highest BCUT2D eigenvalue weighted by atomic mass is 16.5. The Kier molecular flexibility index (Phi) is 4.50. The molecule has 1 aromatic heterocycles. The Morgan fingerprint density at radius 3 is 2.73 bits per heavy atom. The maximum atomic E-state index is 12.2. The van der Waals surface area contributed by atoms with Crippen molar-refractivity contribution in [3.05, 3.63) is 23.5 Å². The number of anilines is 1. The second-order valence-electron chi connectivity index (χ2n) is 7.82. The Bertz CT molecular complexity index is 559. The Morgan fingerprint density at radius 1 is 1.45 bits per heavy atom. The summed E-state index contributed by atoms with van der Waals surface area (Å²) >= 11 is 0. The highest BCUT2D eigenvalue weighted by Crippen LogP contribution is 2.37. The van der Waals surface area contributed by atoms with Gasteiger partial charge in [0.15, 0.2) is 0 Å². The van der Waals surface area contributed by atoms with E-state index >= 15 is 0 Å². The Balaban J connectivity index is 2.25. The van der Waals surface area contributed by atoms with E-state index in [4.69, 9.17) is 4.74 Å². The van der Waals surface area contributed by atoms with Gasteiger partial charge in [-0.2, -0.15) is 0 Å². The maximum absolute atomic E-state index is 12.2. The monoisotopic (exact) mass is 304 g/mol. The number of pyridine rings is 1. The summed E-state index contributed by atoms with van der Waals surface area (Å²) in [6.45, 7) is 13.0. The van der Waals surface area contributed by atoms with E-state index in [2.05, 4.69) is 31.1 Å². The summed E-state index contributed by atoms with van der Waals surface area (Å²) in [7, 11) is 0. The average molecular weight is 304 g/mol. The number of nitrogens with zero attached hydrogens (tertiary/aromatic N) is 1. The van der Waals surface area contributed by atoms with Gasteiger partial charge < -0.3 is 10.1 Å². The molecule has 1 aliphatic rings. The lowest BCUT2D eigenvalue weighted by Gasteiger charge is -2.23. The summed E-state index contributed by atoms with van der Waals surface area (Å²) in [6, 6.07) is 2.04. The topological polar surface area (TPSA) is 51.2 Å². The summed E-state index contributed by atoms with van der Waals surface area (Å²) in [4.78, 5) is 16.8. The minimum atomic E-state index is -0.497. The van der Waals surface area contributed by atoms with Crippen LogP contribution in [0.5, 0.6) is 0 Å². The van der Waals surface area contributed by atoms with E-state index in [0.29, 0.717) is 0 Å². The highest BCUT2D eigenvalue weighted by Gasteiger charge is 2.32. The summed E-state index contributed by atoms with van der Waals surface area (Å²) in [5.74, 6) is -0.179. The molecule has 0 amide bonds. The molecule has 1 aromatic rings. The van der Waals surface area contributed by atoms with Crippen LogP contribution in [0.1, 0.15) is 71.7 Å². The van der Waals surface area contributed by atoms with Crippen LogP contribution >= 0.6 is 0 Å². The van der Waals surface area contributed by atoms with Crippen LogP contribution in [0.15, 0.2) is 12.3 Å². The summed E-state index contributed by atoms with van der Waals surface area (Å²) in [6.07, 6.45) is 3.39. The largest absolute Gasteiger partial charge is 0.455 e. The van der Waals surface area contributed by atoms with Crippen LogP contribution in [0, 0.1) is 5.41 Å². The van der Waals surface area contributed by atoms with E-state index in [-0.39, 0.29) is 17.5 Å². The molecule has 2 heterocycles. The van der Waals surface area contributed by atoms with Crippen LogP contribution in [-0.2, 0) is 14.9 Å². The van der Waals surface area contributed by atoms with Gasteiger partial charge in [0.25, 0.3) is 0 Å². The van der Waals surface area contributed by atoms with Gasteiger partial charge in [-0.3, -0.25) is 9.78 Å². The molecule has 1 aliphatic heterocycles. The standard InChI is InChI=1S/C18H28N2O2/c1-7-8-15(22-16(21)17(2,3)4)14-9-13-12(10-19-14)18(5,6)11-20-13/h9-10,15,20H,7-8,11H2,1-6H3. The minimum Gasteiger partial charge on any atom is -0.455 e. The molecular formula is C18H28N2O2. The lowest BCUT2D eigenvalue weighted by Crippen LogP contribution is -2.25. The zero-order valence-electron chi connectivity index (χ0n) is 14.6. The highest BCUT2D eigenvalue weighted by molar-refractivity contribution is 5.75. The second-order valence-corrected chi connectivity index (χ2v) is 7.82. The SMILES string of the molecule is CCCC(OC(=O)C(C)(C)C)c1cc2c(cn1)C(C)(C)CN2. The number of hydrogen-bond donors (Lipinski definition) is 1. The van der Waals surface area contributed by atoms with Crippen molar-refractivity contribution in [2.45, 2.75) is 65.9 Å². The van der Waals surface area contributed by atoms with Gasteiger partial charge in [0.1, 0.15) is 6.10 Å². The predicted molar refractivity (Wildman–Crippen MR) is 88.9 cm³/mol. The van der Waals surface area contributed by atoms with Crippen molar-refractivity contribution < 1.29 is 9.53 Å². The van der Waals surface area contributed by atoms with Gasteiger partial charge in [-0.05, 0) is 33.3 Å². The van der Waals surface area contributed by atoms with Crippen LogP contribution in [0.4, 0.5) is 5.69 Å². The van der Waals surface area contributed by atoms with Gasteiger partial charge in [-0.1, -0.05) is 27.2 Å².